The van der Waals surface area contributed by atoms with Gasteiger partial charge < -0.3 is 10.0 Å². The van der Waals surface area contributed by atoms with Crippen molar-refractivity contribution in [3.05, 3.63) is 35.4 Å². The summed E-state index contributed by atoms with van der Waals surface area (Å²) >= 11 is 0. The standard InChI is InChI=1S/C18H25NO3/c1-13-8-6-7-11-16(13)17(20)19(12-14(2)18(21)22)15-9-4-3-5-10-15/h6-8,11,14-15H,3-5,9-10,12H2,1-2H3,(H,21,22). The van der Waals surface area contributed by atoms with E-state index in [1.807, 2.05) is 31.2 Å². The van der Waals surface area contributed by atoms with Crippen LogP contribution in [0.3, 0.4) is 0 Å². The largest absolute Gasteiger partial charge is 0.481 e. The molecule has 1 saturated carbocycles. The summed E-state index contributed by atoms with van der Waals surface area (Å²) in [6.45, 7) is 3.88. The van der Waals surface area contributed by atoms with E-state index in [-0.39, 0.29) is 18.5 Å². The Morgan fingerprint density at radius 1 is 1.23 bits per heavy atom. The zero-order valence-electron chi connectivity index (χ0n) is 13.4. The molecule has 120 valence electrons. The number of hydrogen-bond donors (Lipinski definition) is 1. The predicted octanol–water partition coefficient (Wildman–Crippen LogP) is 3.49. The number of hydrogen-bond acceptors (Lipinski definition) is 2. The second-order valence-electron chi connectivity index (χ2n) is 6.30. The van der Waals surface area contributed by atoms with Crippen molar-refractivity contribution < 1.29 is 14.7 Å². The molecule has 1 unspecified atom stereocenters. The second kappa shape index (κ2) is 7.43. The summed E-state index contributed by atoms with van der Waals surface area (Å²) < 4.78 is 0. The fourth-order valence-electron chi connectivity index (χ4n) is 3.13. The molecule has 1 fully saturated rings. The minimum Gasteiger partial charge on any atom is -0.481 e. The van der Waals surface area contributed by atoms with Gasteiger partial charge >= 0.3 is 5.97 Å². The Kier molecular flexibility index (Phi) is 5.58. The number of amides is 1. The lowest BCUT2D eigenvalue weighted by atomic mass is 9.92. The maximum Gasteiger partial charge on any atom is 0.308 e. The summed E-state index contributed by atoms with van der Waals surface area (Å²) in [5.74, 6) is -1.42. The monoisotopic (exact) mass is 303 g/mol. The number of carboxylic acid groups (broad SMARTS) is 1. The van der Waals surface area contributed by atoms with Gasteiger partial charge in [0.1, 0.15) is 0 Å². The third-order valence-electron chi connectivity index (χ3n) is 4.54. The molecule has 2 rings (SSSR count). The van der Waals surface area contributed by atoms with Gasteiger partial charge in [0.25, 0.3) is 5.91 Å². The SMILES string of the molecule is Cc1ccccc1C(=O)N(CC(C)C(=O)O)C1CCCCC1. The normalized spacial score (nSPS) is 17.0. The van der Waals surface area contributed by atoms with Crippen molar-refractivity contribution in [3.63, 3.8) is 0 Å². The van der Waals surface area contributed by atoms with Gasteiger partial charge in [-0.05, 0) is 31.4 Å². The van der Waals surface area contributed by atoms with Crippen LogP contribution in [0.25, 0.3) is 0 Å². The fraction of sp³-hybridized carbons (Fsp3) is 0.556. The van der Waals surface area contributed by atoms with Gasteiger partial charge in [0.05, 0.1) is 5.92 Å². The molecule has 1 amide bonds. The number of carbonyl (C=O) groups is 2. The molecular weight excluding hydrogens is 278 g/mol. The number of aryl methyl sites for hydroxylation is 1. The number of carboxylic acids is 1. The lowest BCUT2D eigenvalue weighted by molar-refractivity contribution is -0.141. The predicted molar refractivity (Wildman–Crippen MR) is 85.9 cm³/mol. The summed E-state index contributed by atoms with van der Waals surface area (Å²) in [7, 11) is 0. The highest BCUT2D eigenvalue weighted by atomic mass is 16.4. The molecule has 0 aliphatic heterocycles. The Morgan fingerprint density at radius 3 is 2.45 bits per heavy atom. The average Bonchev–Trinajstić information content (AvgIpc) is 2.53. The Bertz CT molecular complexity index is 535. The van der Waals surface area contributed by atoms with E-state index in [1.165, 1.54) is 6.42 Å². The van der Waals surface area contributed by atoms with Crippen LogP contribution in [-0.2, 0) is 4.79 Å². The maximum absolute atomic E-state index is 13.0. The van der Waals surface area contributed by atoms with E-state index in [0.717, 1.165) is 31.2 Å². The Labute approximate surface area is 132 Å². The van der Waals surface area contributed by atoms with Crippen molar-refractivity contribution in [2.75, 3.05) is 6.54 Å². The van der Waals surface area contributed by atoms with Gasteiger partial charge in [0.2, 0.25) is 0 Å². The first-order valence-corrected chi connectivity index (χ1v) is 8.10. The van der Waals surface area contributed by atoms with Gasteiger partial charge in [-0.15, -0.1) is 0 Å². The Balaban J connectivity index is 2.24. The highest BCUT2D eigenvalue weighted by Gasteiger charge is 2.29. The van der Waals surface area contributed by atoms with Crippen LogP contribution >= 0.6 is 0 Å². The third-order valence-corrected chi connectivity index (χ3v) is 4.54. The first-order valence-electron chi connectivity index (χ1n) is 8.10. The number of aliphatic carboxylic acids is 1. The minimum atomic E-state index is -0.849. The molecule has 0 aromatic heterocycles. The van der Waals surface area contributed by atoms with E-state index in [0.29, 0.717) is 5.56 Å². The molecule has 0 radical (unpaired) electrons. The number of benzene rings is 1. The zero-order chi connectivity index (χ0) is 16.1. The van der Waals surface area contributed by atoms with Crippen molar-refractivity contribution in [1.82, 2.24) is 4.90 Å². The van der Waals surface area contributed by atoms with Crippen LogP contribution < -0.4 is 0 Å². The lowest BCUT2D eigenvalue weighted by Crippen LogP contribution is -2.45. The third kappa shape index (κ3) is 3.87. The van der Waals surface area contributed by atoms with E-state index in [2.05, 4.69) is 0 Å². The van der Waals surface area contributed by atoms with Crippen LogP contribution in [0.1, 0.15) is 54.9 Å². The molecule has 1 aromatic rings. The molecule has 1 N–H and O–H groups in total. The number of carbonyl (C=O) groups excluding carboxylic acids is 1. The topological polar surface area (TPSA) is 57.6 Å². The summed E-state index contributed by atoms with van der Waals surface area (Å²) in [6.07, 6.45) is 5.39. The van der Waals surface area contributed by atoms with Gasteiger partial charge in [-0.2, -0.15) is 0 Å². The first-order chi connectivity index (χ1) is 10.5. The molecule has 4 heteroatoms. The Morgan fingerprint density at radius 2 is 1.86 bits per heavy atom. The molecule has 22 heavy (non-hydrogen) atoms. The van der Waals surface area contributed by atoms with Crippen molar-refractivity contribution in [3.8, 4) is 0 Å². The highest BCUT2D eigenvalue weighted by Crippen LogP contribution is 2.25. The first kappa shape index (κ1) is 16.5. The fourth-order valence-corrected chi connectivity index (χ4v) is 3.13. The van der Waals surface area contributed by atoms with E-state index in [1.54, 1.807) is 11.8 Å². The molecule has 0 saturated heterocycles. The van der Waals surface area contributed by atoms with Gasteiger partial charge in [0.15, 0.2) is 0 Å². The summed E-state index contributed by atoms with van der Waals surface area (Å²) in [5.41, 5.74) is 1.63. The molecule has 1 aromatic carbocycles. The molecular formula is C18H25NO3. The van der Waals surface area contributed by atoms with Crippen LogP contribution in [0.4, 0.5) is 0 Å². The summed E-state index contributed by atoms with van der Waals surface area (Å²) in [5, 5.41) is 9.20. The summed E-state index contributed by atoms with van der Waals surface area (Å²) in [6, 6.07) is 7.70. The van der Waals surface area contributed by atoms with E-state index >= 15 is 0 Å². The molecule has 0 bridgehead atoms. The van der Waals surface area contributed by atoms with Gasteiger partial charge in [-0.1, -0.05) is 44.4 Å². The zero-order valence-corrected chi connectivity index (χ0v) is 13.4. The van der Waals surface area contributed by atoms with Crippen molar-refractivity contribution in [1.29, 1.82) is 0 Å². The smallest absolute Gasteiger partial charge is 0.308 e. The molecule has 1 aliphatic rings. The van der Waals surface area contributed by atoms with E-state index in [9.17, 15) is 14.7 Å². The van der Waals surface area contributed by atoms with Crippen LogP contribution in [0.5, 0.6) is 0 Å². The van der Waals surface area contributed by atoms with Crippen LogP contribution in [-0.4, -0.2) is 34.5 Å². The van der Waals surface area contributed by atoms with E-state index in [4.69, 9.17) is 0 Å². The van der Waals surface area contributed by atoms with Crippen LogP contribution in [0.2, 0.25) is 0 Å². The van der Waals surface area contributed by atoms with Gasteiger partial charge in [-0.25, -0.2) is 0 Å². The van der Waals surface area contributed by atoms with Crippen LogP contribution in [0.15, 0.2) is 24.3 Å². The van der Waals surface area contributed by atoms with Gasteiger partial charge in [-0.3, -0.25) is 9.59 Å². The number of rotatable bonds is 5. The number of nitrogens with zero attached hydrogens (tertiary/aromatic N) is 1. The highest BCUT2D eigenvalue weighted by molar-refractivity contribution is 5.96. The van der Waals surface area contributed by atoms with Crippen molar-refractivity contribution in [2.24, 2.45) is 5.92 Å². The lowest BCUT2D eigenvalue weighted by Gasteiger charge is -2.35. The van der Waals surface area contributed by atoms with Crippen LogP contribution in [0, 0.1) is 12.8 Å². The molecule has 1 aliphatic carbocycles. The molecule has 1 atom stereocenters. The molecule has 4 nitrogen and oxygen atoms in total. The second-order valence-corrected chi connectivity index (χ2v) is 6.30. The Hall–Kier alpha value is -1.84. The van der Waals surface area contributed by atoms with E-state index < -0.39 is 11.9 Å². The average molecular weight is 303 g/mol. The summed E-state index contributed by atoms with van der Waals surface area (Å²) in [4.78, 5) is 26.0. The van der Waals surface area contributed by atoms with Gasteiger partial charge in [0, 0.05) is 18.2 Å². The van der Waals surface area contributed by atoms with Crippen molar-refractivity contribution in [2.45, 2.75) is 52.0 Å². The quantitative estimate of drug-likeness (QED) is 0.906. The minimum absolute atomic E-state index is 0.0295. The molecule has 0 spiro atoms. The molecule has 0 heterocycles. The van der Waals surface area contributed by atoms with Crippen molar-refractivity contribution >= 4 is 11.9 Å². The maximum atomic E-state index is 13.0.